The van der Waals surface area contributed by atoms with Gasteiger partial charge in [-0.1, -0.05) is 43.7 Å². The summed E-state index contributed by atoms with van der Waals surface area (Å²) in [4.78, 5) is 20.5. The van der Waals surface area contributed by atoms with Crippen molar-refractivity contribution in [1.82, 2.24) is 20.0 Å². The standard InChI is InChI=1S/C21H26N4O3S/c1-14(2)12-19(25-29(27,28)16-10-8-15(3)9-11-16)21(26)22-13-20-23-17-6-4-5-7-18(17)24-20/h4-11,14,19,25H,12-13H2,1-3H3,(H,22,26)(H,23,24). The minimum atomic E-state index is -3.80. The van der Waals surface area contributed by atoms with Gasteiger partial charge in [-0.15, -0.1) is 0 Å². The number of para-hydroxylation sites is 2. The van der Waals surface area contributed by atoms with Gasteiger partial charge in [-0.05, 0) is 43.5 Å². The average Bonchev–Trinajstić information content (AvgIpc) is 3.08. The quantitative estimate of drug-likeness (QED) is 0.527. The molecule has 0 fully saturated rings. The van der Waals surface area contributed by atoms with Crippen molar-refractivity contribution in [1.29, 1.82) is 0 Å². The highest BCUT2D eigenvalue weighted by atomic mass is 32.2. The molecule has 3 N–H and O–H groups in total. The van der Waals surface area contributed by atoms with E-state index in [1.54, 1.807) is 12.1 Å². The second-order valence-corrected chi connectivity index (χ2v) is 9.25. The fourth-order valence-corrected chi connectivity index (χ4v) is 4.24. The number of aryl methyl sites for hydroxylation is 1. The van der Waals surface area contributed by atoms with E-state index in [9.17, 15) is 13.2 Å². The highest BCUT2D eigenvalue weighted by Crippen LogP contribution is 2.14. The molecule has 0 aliphatic rings. The Labute approximate surface area is 171 Å². The first-order valence-electron chi connectivity index (χ1n) is 9.55. The number of H-pyrrole nitrogens is 1. The van der Waals surface area contributed by atoms with Crippen molar-refractivity contribution < 1.29 is 13.2 Å². The zero-order chi connectivity index (χ0) is 21.0. The van der Waals surface area contributed by atoms with Crippen LogP contribution in [-0.2, 0) is 21.4 Å². The number of benzene rings is 2. The summed E-state index contributed by atoms with van der Waals surface area (Å²) in [6.07, 6.45) is 0.386. The predicted molar refractivity (Wildman–Crippen MR) is 113 cm³/mol. The zero-order valence-corrected chi connectivity index (χ0v) is 17.6. The van der Waals surface area contributed by atoms with E-state index in [-0.39, 0.29) is 23.3 Å². The molecule has 1 heterocycles. The Morgan fingerprint density at radius 3 is 2.45 bits per heavy atom. The Kier molecular flexibility index (Phi) is 6.34. The first-order valence-corrected chi connectivity index (χ1v) is 11.0. The first kappa shape index (κ1) is 21.0. The van der Waals surface area contributed by atoms with Gasteiger partial charge in [-0.3, -0.25) is 4.79 Å². The molecule has 0 radical (unpaired) electrons. The lowest BCUT2D eigenvalue weighted by Crippen LogP contribution is -2.47. The molecule has 1 amide bonds. The first-order chi connectivity index (χ1) is 13.7. The molecule has 29 heavy (non-hydrogen) atoms. The molecule has 7 nitrogen and oxygen atoms in total. The van der Waals surface area contributed by atoms with Gasteiger partial charge >= 0.3 is 0 Å². The Hall–Kier alpha value is -2.71. The Morgan fingerprint density at radius 2 is 1.79 bits per heavy atom. The number of rotatable bonds is 8. The van der Waals surface area contributed by atoms with Crippen LogP contribution in [0.3, 0.4) is 0 Å². The minimum absolute atomic E-state index is 0.137. The maximum Gasteiger partial charge on any atom is 0.241 e. The van der Waals surface area contributed by atoms with E-state index < -0.39 is 16.1 Å². The van der Waals surface area contributed by atoms with Crippen LogP contribution in [0.4, 0.5) is 0 Å². The van der Waals surface area contributed by atoms with E-state index in [0.717, 1.165) is 16.6 Å². The summed E-state index contributed by atoms with van der Waals surface area (Å²) in [5, 5.41) is 2.79. The molecule has 0 saturated carbocycles. The lowest BCUT2D eigenvalue weighted by atomic mass is 10.0. The highest BCUT2D eigenvalue weighted by molar-refractivity contribution is 7.89. The number of carbonyl (C=O) groups excluding carboxylic acids is 1. The van der Waals surface area contributed by atoms with Crippen LogP contribution in [0.2, 0.25) is 0 Å². The second kappa shape index (κ2) is 8.75. The summed E-state index contributed by atoms with van der Waals surface area (Å²) in [6.45, 7) is 5.96. The van der Waals surface area contributed by atoms with Gasteiger partial charge in [0.05, 0.1) is 22.5 Å². The van der Waals surface area contributed by atoms with Gasteiger partial charge in [0.2, 0.25) is 15.9 Å². The molecule has 3 rings (SSSR count). The summed E-state index contributed by atoms with van der Waals surface area (Å²) in [7, 11) is -3.80. The molecular formula is C21H26N4O3S. The van der Waals surface area contributed by atoms with Crippen LogP contribution in [-0.4, -0.2) is 30.3 Å². The Balaban J connectivity index is 1.71. The molecule has 1 unspecified atom stereocenters. The maximum atomic E-state index is 12.8. The molecule has 1 atom stereocenters. The molecule has 154 valence electrons. The van der Waals surface area contributed by atoms with Crippen LogP contribution in [0.1, 0.15) is 31.7 Å². The van der Waals surface area contributed by atoms with Crippen molar-refractivity contribution in [2.75, 3.05) is 0 Å². The summed E-state index contributed by atoms with van der Waals surface area (Å²) >= 11 is 0. The molecular weight excluding hydrogens is 388 g/mol. The fraction of sp³-hybridized carbons (Fsp3) is 0.333. The number of amides is 1. The monoisotopic (exact) mass is 414 g/mol. The van der Waals surface area contributed by atoms with Crippen molar-refractivity contribution in [3.8, 4) is 0 Å². The van der Waals surface area contributed by atoms with Crippen LogP contribution in [0.15, 0.2) is 53.4 Å². The van der Waals surface area contributed by atoms with Crippen molar-refractivity contribution in [3.63, 3.8) is 0 Å². The molecule has 0 aliphatic carbocycles. The third-order valence-electron chi connectivity index (χ3n) is 4.52. The number of aromatic nitrogens is 2. The van der Waals surface area contributed by atoms with Gasteiger partial charge in [-0.25, -0.2) is 13.4 Å². The summed E-state index contributed by atoms with van der Waals surface area (Å²) in [5.74, 6) is 0.372. The number of fused-ring (bicyclic) bond motifs is 1. The van der Waals surface area contributed by atoms with Crippen LogP contribution >= 0.6 is 0 Å². The largest absolute Gasteiger partial charge is 0.347 e. The second-order valence-electron chi connectivity index (χ2n) is 7.53. The van der Waals surface area contributed by atoms with Crippen molar-refractivity contribution in [2.45, 2.75) is 44.7 Å². The number of hydrogen-bond acceptors (Lipinski definition) is 4. The number of imidazole rings is 1. The van der Waals surface area contributed by atoms with Gasteiger partial charge in [0.15, 0.2) is 0 Å². The molecule has 0 bridgehead atoms. The minimum Gasteiger partial charge on any atom is -0.347 e. The van der Waals surface area contributed by atoms with Crippen molar-refractivity contribution in [2.24, 2.45) is 5.92 Å². The van der Waals surface area contributed by atoms with E-state index in [1.165, 1.54) is 12.1 Å². The molecule has 1 aromatic heterocycles. The fourth-order valence-electron chi connectivity index (χ4n) is 3.04. The third-order valence-corrected chi connectivity index (χ3v) is 6.01. The summed E-state index contributed by atoms with van der Waals surface area (Å²) in [5.41, 5.74) is 2.66. The lowest BCUT2D eigenvalue weighted by Gasteiger charge is -2.20. The van der Waals surface area contributed by atoms with Crippen molar-refractivity contribution >= 4 is 27.0 Å². The number of nitrogens with zero attached hydrogens (tertiary/aromatic N) is 1. The molecule has 2 aromatic carbocycles. The highest BCUT2D eigenvalue weighted by Gasteiger charge is 2.26. The lowest BCUT2D eigenvalue weighted by molar-refractivity contribution is -0.123. The van der Waals surface area contributed by atoms with Gasteiger partial charge < -0.3 is 10.3 Å². The van der Waals surface area contributed by atoms with E-state index in [0.29, 0.717) is 12.2 Å². The predicted octanol–water partition coefficient (Wildman–Crippen LogP) is 2.88. The molecule has 8 heteroatoms. The van der Waals surface area contributed by atoms with E-state index in [4.69, 9.17) is 0 Å². The number of aromatic amines is 1. The van der Waals surface area contributed by atoms with Crippen LogP contribution in [0, 0.1) is 12.8 Å². The number of sulfonamides is 1. The third kappa shape index (κ3) is 5.42. The average molecular weight is 415 g/mol. The zero-order valence-electron chi connectivity index (χ0n) is 16.8. The van der Waals surface area contributed by atoms with Gasteiger partial charge in [-0.2, -0.15) is 4.72 Å². The van der Waals surface area contributed by atoms with Gasteiger partial charge in [0, 0.05) is 0 Å². The smallest absolute Gasteiger partial charge is 0.241 e. The molecule has 0 saturated heterocycles. The van der Waals surface area contributed by atoms with E-state index in [2.05, 4.69) is 20.0 Å². The number of carbonyl (C=O) groups is 1. The molecule has 3 aromatic rings. The summed E-state index contributed by atoms with van der Waals surface area (Å²) in [6, 6.07) is 13.3. The van der Waals surface area contributed by atoms with Crippen molar-refractivity contribution in [3.05, 3.63) is 59.9 Å². The normalized spacial score (nSPS) is 13.0. The Morgan fingerprint density at radius 1 is 1.10 bits per heavy atom. The SMILES string of the molecule is Cc1ccc(S(=O)(=O)NC(CC(C)C)C(=O)NCc2nc3ccccc3[nH]2)cc1. The number of nitrogens with one attached hydrogen (secondary N) is 3. The van der Waals surface area contributed by atoms with Crippen LogP contribution in [0.25, 0.3) is 11.0 Å². The molecule has 0 aliphatic heterocycles. The van der Waals surface area contributed by atoms with Crippen LogP contribution < -0.4 is 10.0 Å². The van der Waals surface area contributed by atoms with Crippen LogP contribution in [0.5, 0.6) is 0 Å². The van der Waals surface area contributed by atoms with E-state index in [1.807, 2.05) is 45.0 Å². The topological polar surface area (TPSA) is 104 Å². The van der Waals surface area contributed by atoms with Gasteiger partial charge in [0.25, 0.3) is 0 Å². The van der Waals surface area contributed by atoms with E-state index >= 15 is 0 Å². The van der Waals surface area contributed by atoms with Gasteiger partial charge in [0.1, 0.15) is 11.9 Å². The Bertz CT molecular complexity index is 1060. The maximum absolute atomic E-state index is 12.8. The number of hydrogen-bond donors (Lipinski definition) is 3. The molecule has 0 spiro atoms. The summed E-state index contributed by atoms with van der Waals surface area (Å²) < 4.78 is 28.0.